The molecule has 20 heavy (non-hydrogen) atoms. The maximum absolute atomic E-state index is 11.8. The minimum absolute atomic E-state index is 0.0476. The molecule has 0 aliphatic carbocycles. The highest BCUT2D eigenvalue weighted by Crippen LogP contribution is 2.27. The van der Waals surface area contributed by atoms with Crippen molar-refractivity contribution in [2.24, 2.45) is 7.05 Å². The molecule has 0 saturated heterocycles. The van der Waals surface area contributed by atoms with Crippen LogP contribution in [0.15, 0.2) is 17.4 Å². The molecule has 0 radical (unpaired) electrons. The summed E-state index contributed by atoms with van der Waals surface area (Å²) >= 11 is 0. The molecule has 0 amide bonds. The lowest BCUT2D eigenvalue weighted by molar-refractivity contribution is 0.587. The maximum atomic E-state index is 11.8. The van der Waals surface area contributed by atoms with Gasteiger partial charge in [-0.05, 0) is 25.5 Å². The number of fused-ring (bicyclic) bond motifs is 3. The summed E-state index contributed by atoms with van der Waals surface area (Å²) in [4.78, 5) is 13.1. The van der Waals surface area contributed by atoms with Crippen molar-refractivity contribution < 1.29 is 8.42 Å². The van der Waals surface area contributed by atoms with Crippen LogP contribution in [0.1, 0.15) is 11.3 Å². The van der Waals surface area contributed by atoms with E-state index in [1.165, 1.54) is 0 Å². The number of hydrogen-bond acceptors (Lipinski definition) is 5. The Bertz CT molecular complexity index is 958. The van der Waals surface area contributed by atoms with Crippen LogP contribution in [0.2, 0.25) is 0 Å². The van der Waals surface area contributed by atoms with E-state index in [1.807, 2.05) is 19.9 Å². The Kier molecular flexibility index (Phi) is 2.59. The minimum Gasteiger partial charge on any atom is -0.318 e. The molecule has 1 aromatic carbocycles. The first-order valence-electron chi connectivity index (χ1n) is 6.08. The highest BCUT2D eigenvalue weighted by molar-refractivity contribution is 7.90. The lowest BCUT2D eigenvalue weighted by Gasteiger charge is -2.04. The second-order valence-electron chi connectivity index (χ2n) is 5.00. The van der Waals surface area contributed by atoms with E-state index in [4.69, 9.17) is 0 Å². The van der Waals surface area contributed by atoms with Crippen LogP contribution < -0.4 is 0 Å². The van der Waals surface area contributed by atoms with Gasteiger partial charge in [-0.15, -0.1) is 0 Å². The van der Waals surface area contributed by atoms with E-state index >= 15 is 0 Å². The fourth-order valence-electron chi connectivity index (χ4n) is 2.47. The third-order valence-corrected chi connectivity index (χ3v) is 4.29. The molecular formula is C13H14N4O2S. The predicted molar refractivity (Wildman–Crippen MR) is 76.4 cm³/mol. The van der Waals surface area contributed by atoms with Gasteiger partial charge >= 0.3 is 0 Å². The van der Waals surface area contributed by atoms with Gasteiger partial charge in [0.25, 0.3) is 0 Å². The average molecular weight is 290 g/mol. The molecule has 0 saturated carbocycles. The summed E-state index contributed by atoms with van der Waals surface area (Å²) in [5, 5.41) is 0.0476. The third-order valence-electron chi connectivity index (χ3n) is 3.26. The standard InChI is InChI=1S/C13H14N4O2S/c1-7-5-9-10(15-8(2)6-14-9)11-12(7)17(3)13(16-11)20(4,18)19/h5-6H,1-4H3. The first kappa shape index (κ1) is 13.0. The molecule has 0 N–H and O–H groups in total. The molecule has 104 valence electrons. The zero-order chi connectivity index (χ0) is 14.7. The summed E-state index contributed by atoms with van der Waals surface area (Å²) in [6.07, 6.45) is 2.84. The predicted octanol–water partition coefficient (Wildman–Crippen LogP) is 1.54. The average Bonchev–Trinajstić information content (AvgIpc) is 2.69. The van der Waals surface area contributed by atoms with E-state index in [0.717, 1.165) is 28.5 Å². The zero-order valence-electron chi connectivity index (χ0n) is 11.7. The molecule has 2 heterocycles. The number of aryl methyl sites for hydroxylation is 3. The van der Waals surface area contributed by atoms with Crippen LogP contribution in [0.5, 0.6) is 0 Å². The van der Waals surface area contributed by atoms with Crippen molar-refractivity contribution in [3.63, 3.8) is 0 Å². The minimum atomic E-state index is -3.39. The number of sulfone groups is 1. The van der Waals surface area contributed by atoms with Crippen molar-refractivity contribution in [3.8, 4) is 0 Å². The van der Waals surface area contributed by atoms with Crippen molar-refractivity contribution in [3.05, 3.63) is 23.5 Å². The molecule has 6 nitrogen and oxygen atoms in total. The second kappa shape index (κ2) is 3.99. The molecule has 0 unspecified atom stereocenters. The fourth-order valence-corrected chi connectivity index (χ4v) is 3.31. The van der Waals surface area contributed by atoms with Crippen LogP contribution in [-0.4, -0.2) is 34.2 Å². The number of nitrogens with zero attached hydrogens (tertiary/aromatic N) is 4. The molecule has 0 fully saturated rings. The Hall–Kier alpha value is -2.02. The first-order valence-corrected chi connectivity index (χ1v) is 7.97. The van der Waals surface area contributed by atoms with Gasteiger partial charge in [-0.25, -0.2) is 18.4 Å². The van der Waals surface area contributed by atoms with Gasteiger partial charge in [0.05, 0.1) is 16.7 Å². The van der Waals surface area contributed by atoms with Gasteiger partial charge < -0.3 is 4.57 Å². The Labute approximate surface area is 116 Å². The quantitative estimate of drug-likeness (QED) is 0.679. The molecule has 0 aliphatic heterocycles. The van der Waals surface area contributed by atoms with Crippen LogP contribution in [0, 0.1) is 13.8 Å². The lowest BCUT2D eigenvalue weighted by atomic mass is 10.1. The van der Waals surface area contributed by atoms with Gasteiger partial charge in [0.2, 0.25) is 15.0 Å². The van der Waals surface area contributed by atoms with Crippen LogP contribution in [-0.2, 0) is 16.9 Å². The van der Waals surface area contributed by atoms with Gasteiger partial charge in [0, 0.05) is 19.5 Å². The van der Waals surface area contributed by atoms with E-state index in [9.17, 15) is 8.42 Å². The van der Waals surface area contributed by atoms with Gasteiger partial charge in [0.15, 0.2) is 0 Å². The van der Waals surface area contributed by atoms with E-state index < -0.39 is 9.84 Å². The second-order valence-corrected chi connectivity index (χ2v) is 6.90. The summed E-state index contributed by atoms with van der Waals surface area (Å²) in [6, 6.07) is 1.90. The van der Waals surface area contributed by atoms with Gasteiger partial charge in [0.1, 0.15) is 11.0 Å². The molecular weight excluding hydrogens is 276 g/mol. The van der Waals surface area contributed by atoms with E-state index in [2.05, 4.69) is 15.0 Å². The first-order chi connectivity index (χ1) is 9.29. The van der Waals surface area contributed by atoms with Crippen LogP contribution in [0.4, 0.5) is 0 Å². The molecule has 0 spiro atoms. The normalized spacial score (nSPS) is 12.4. The van der Waals surface area contributed by atoms with Gasteiger partial charge in [-0.3, -0.25) is 4.98 Å². The number of aromatic nitrogens is 4. The van der Waals surface area contributed by atoms with Crippen LogP contribution >= 0.6 is 0 Å². The van der Waals surface area contributed by atoms with E-state index in [0.29, 0.717) is 11.0 Å². The topological polar surface area (TPSA) is 77.7 Å². The molecule has 7 heteroatoms. The van der Waals surface area contributed by atoms with Crippen molar-refractivity contribution in [1.82, 2.24) is 19.5 Å². The monoisotopic (exact) mass is 290 g/mol. The highest BCUT2D eigenvalue weighted by atomic mass is 32.2. The summed E-state index contributed by atoms with van der Waals surface area (Å²) in [5.74, 6) is 0. The molecule has 0 aliphatic rings. The SMILES string of the molecule is Cc1cnc2cc(C)c3c(nc(S(C)(=O)=O)n3C)c2n1. The zero-order valence-corrected chi connectivity index (χ0v) is 12.5. The van der Waals surface area contributed by atoms with Crippen molar-refractivity contribution in [1.29, 1.82) is 0 Å². The smallest absolute Gasteiger partial charge is 0.228 e. The van der Waals surface area contributed by atoms with Crippen molar-refractivity contribution in [2.45, 2.75) is 19.0 Å². The Balaban J connectivity index is 2.59. The van der Waals surface area contributed by atoms with Gasteiger partial charge in [-0.1, -0.05) is 0 Å². The summed E-state index contributed by atoms with van der Waals surface area (Å²) < 4.78 is 25.2. The largest absolute Gasteiger partial charge is 0.318 e. The highest BCUT2D eigenvalue weighted by Gasteiger charge is 2.20. The number of rotatable bonds is 1. The maximum Gasteiger partial charge on any atom is 0.228 e. The van der Waals surface area contributed by atoms with Gasteiger partial charge in [-0.2, -0.15) is 0 Å². The summed E-state index contributed by atoms with van der Waals surface area (Å²) in [5.41, 5.74) is 4.41. The molecule has 3 aromatic rings. The number of imidazole rings is 1. The Morgan fingerprint density at radius 2 is 1.85 bits per heavy atom. The van der Waals surface area contributed by atoms with E-state index in [-0.39, 0.29) is 5.16 Å². The van der Waals surface area contributed by atoms with Crippen LogP contribution in [0.3, 0.4) is 0 Å². The van der Waals surface area contributed by atoms with Crippen LogP contribution in [0.25, 0.3) is 22.1 Å². The fraction of sp³-hybridized carbons (Fsp3) is 0.308. The molecule has 0 atom stereocenters. The van der Waals surface area contributed by atoms with Crippen molar-refractivity contribution >= 4 is 31.9 Å². The third kappa shape index (κ3) is 1.77. The molecule has 2 aromatic heterocycles. The number of benzene rings is 1. The Morgan fingerprint density at radius 1 is 1.15 bits per heavy atom. The Morgan fingerprint density at radius 3 is 2.50 bits per heavy atom. The molecule has 0 bridgehead atoms. The summed E-state index contributed by atoms with van der Waals surface area (Å²) in [6.45, 7) is 3.76. The van der Waals surface area contributed by atoms with Crippen molar-refractivity contribution in [2.75, 3.05) is 6.26 Å². The lowest BCUT2D eigenvalue weighted by Crippen LogP contribution is -2.05. The number of hydrogen-bond donors (Lipinski definition) is 0. The van der Waals surface area contributed by atoms with E-state index in [1.54, 1.807) is 17.8 Å². The molecule has 3 rings (SSSR count). The summed E-state index contributed by atoms with van der Waals surface area (Å²) in [7, 11) is -1.69.